The minimum absolute atomic E-state index is 0.171. The van der Waals surface area contributed by atoms with E-state index in [1.54, 1.807) is 17.6 Å². The van der Waals surface area contributed by atoms with Gasteiger partial charge in [-0.1, -0.05) is 18.2 Å². The zero-order chi connectivity index (χ0) is 21.5. The fourth-order valence-electron chi connectivity index (χ4n) is 4.17. The summed E-state index contributed by atoms with van der Waals surface area (Å²) in [5.74, 6) is 2.19. The largest absolute Gasteiger partial charge is 0.461 e. The van der Waals surface area contributed by atoms with Crippen LogP contribution in [-0.4, -0.2) is 56.6 Å². The molecule has 0 aliphatic carbocycles. The third kappa shape index (κ3) is 3.21. The smallest absolute Gasteiger partial charge is 0.227 e. The van der Waals surface area contributed by atoms with Gasteiger partial charge in [-0.2, -0.15) is 0 Å². The molecule has 0 saturated carbocycles. The number of para-hydroxylation sites is 1. The summed E-state index contributed by atoms with van der Waals surface area (Å²) in [5.41, 5.74) is 1.61. The Balaban J connectivity index is 1.35. The Bertz CT molecular complexity index is 1390. The molecule has 1 fully saturated rings. The molecule has 5 heterocycles. The predicted octanol–water partition coefficient (Wildman–Crippen LogP) is 3.49. The summed E-state index contributed by atoms with van der Waals surface area (Å²) in [6.07, 6.45) is 2.09. The molecule has 32 heavy (non-hydrogen) atoms. The highest BCUT2D eigenvalue weighted by Gasteiger charge is 2.26. The van der Waals surface area contributed by atoms with Crippen LogP contribution in [0.4, 0.5) is 5.95 Å². The highest BCUT2D eigenvalue weighted by molar-refractivity contribution is 7.10. The summed E-state index contributed by atoms with van der Waals surface area (Å²) in [6, 6.07) is 15.6. The van der Waals surface area contributed by atoms with Gasteiger partial charge in [-0.05, 0) is 35.7 Å². The lowest BCUT2D eigenvalue weighted by molar-refractivity contribution is -0.130. The first-order chi connectivity index (χ1) is 15.8. The number of aromatic nitrogens is 4. The van der Waals surface area contributed by atoms with Crippen LogP contribution >= 0.6 is 11.3 Å². The topological polar surface area (TPSA) is 79.8 Å². The number of hydrogen-bond donors (Lipinski definition) is 0. The number of piperazine rings is 1. The van der Waals surface area contributed by atoms with E-state index < -0.39 is 0 Å². The van der Waals surface area contributed by atoms with Gasteiger partial charge in [-0.3, -0.25) is 4.79 Å². The second-order valence-electron chi connectivity index (χ2n) is 7.71. The van der Waals surface area contributed by atoms with Gasteiger partial charge < -0.3 is 14.2 Å². The van der Waals surface area contributed by atoms with Crippen LogP contribution in [0.15, 0.2) is 64.6 Å². The number of anilines is 1. The molecule has 160 valence electrons. The van der Waals surface area contributed by atoms with E-state index in [1.165, 1.54) is 0 Å². The van der Waals surface area contributed by atoms with Gasteiger partial charge in [0.2, 0.25) is 17.7 Å². The van der Waals surface area contributed by atoms with Crippen LogP contribution in [0.25, 0.3) is 28.1 Å². The van der Waals surface area contributed by atoms with Gasteiger partial charge in [0.05, 0.1) is 18.2 Å². The molecule has 1 aliphatic rings. The Morgan fingerprint density at radius 2 is 1.88 bits per heavy atom. The average molecular weight is 445 g/mol. The van der Waals surface area contributed by atoms with Crippen molar-refractivity contribution in [1.82, 2.24) is 24.5 Å². The van der Waals surface area contributed by atoms with E-state index in [-0.39, 0.29) is 5.91 Å². The van der Waals surface area contributed by atoms with Gasteiger partial charge in [-0.25, -0.2) is 9.38 Å². The van der Waals surface area contributed by atoms with E-state index in [4.69, 9.17) is 9.40 Å². The van der Waals surface area contributed by atoms with Crippen molar-refractivity contribution in [3.63, 3.8) is 0 Å². The van der Waals surface area contributed by atoms with Gasteiger partial charge in [0.15, 0.2) is 11.4 Å². The highest BCUT2D eigenvalue weighted by atomic mass is 32.1. The number of carbonyl (C=O) groups excluding carboxylic acids is 1. The Morgan fingerprint density at radius 1 is 1.00 bits per heavy atom. The molecule has 1 aromatic carbocycles. The lowest BCUT2D eigenvalue weighted by atomic mass is 10.2. The molecule has 8 nitrogen and oxygen atoms in total. The molecule has 0 bridgehead atoms. The highest BCUT2D eigenvalue weighted by Crippen LogP contribution is 2.29. The zero-order valence-corrected chi connectivity index (χ0v) is 18.0. The zero-order valence-electron chi connectivity index (χ0n) is 17.2. The van der Waals surface area contributed by atoms with Crippen molar-refractivity contribution in [3.05, 3.63) is 65.1 Å². The maximum atomic E-state index is 12.7. The molecular formula is C23H20N6O2S. The Labute approximate surface area is 187 Å². The normalized spacial score (nSPS) is 14.5. The van der Waals surface area contributed by atoms with E-state index in [1.807, 2.05) is 63.2 Å². The molecule has 9 heteroatoms. The van der Waals surface area contributed by atoms with Crippen molar-refractivity contribution in [3.8, 4) is 11.6 Å². The molecule has 5 aromatic rings. The second-order valence-corrected chi connectivity index (χ2v) is 8.75. The van der Waals surface area contributed by atoms with Crippen LogP contribution in [0.1, 0.15) is 4.88 Å². The van der Waals surface area contributed by atoms with E-state index in [2.05, 4.69) is 15.1 Å². The molecule has 4 aromatic heterocycles. The minimum Gasteiger partial charge on any atom is -0.461 e. The number of amides is 1. The number of rotatable bonds is 4. The molecule has 0 N–H and O–H groups in total. The standard InChI is InChI=1S/C23H20N6O2S/c30-20(15-16-5-4-14-32-16)27-9-11-28(12-10-27)23-24-18-7-2-1-6-17(18)21-25-26-22(29(21)23)19-8-3-13-31-19/h1-8,13-14H,9-12,15H2. The van der Waals surface area contributed by atoms with Crippen molar-refractivity contribution in [2.75, 3.05) is 31.1 Å². The maximum absolute atomic E-state index is 12.7. The third-order valence-electron chi connectivity index (χ3n) is 5.79. The number of carbonyl (C=O) groups is 1. The molecule has 0 unspecified atom stereocenters. The summed E-state index contributed by atoms with van der Waals surface area (Å²) < 4.78 is 7.58. The number of nitrogens with zero attached hydrogens (tertiary/aromatic N) is 6. The van der Waals surface area contributed by atoms with Crippen LogP contribution in [0.3, 0.4) is 0 Å². The second kappa shape index (κ2) is 7.76. The van der Waals surface area contributed by atoms with Gasteiger partial charge >= 0.3 is 0 Å². The summed E-state index contributed by atoms with van der Waals surface area (Å²) in [7, 11) is 0. The molecule has 6 rings (SSSR count). The van der Waals surface area contributed by atoms with Gasteiger partial charge in [0.1, 0.15) is 0 Å². The van der Waals surface area contributed by atoms with Crippen LogP contribution < -0.4 is 4.90 Å². The number of hydrogen-bond acceptors (Lipinski definition) is 7. The lowest BCUT2D eigenvalue weighted by Crippen LogP contribution is -2.49. The fraction of sp³-hybridized carbons (Fsp3) is 0.217. The van der Waals surface area contributed by atoms with Gasteiger partial charge in [0, 0.05) is 36.4 Å². The van der Waals surface area contributed by atoms with E-state index in [9.17, 15) is 4.79 Å². The van der Waals surface area contributed by atoms with Crippen molar-refractivity contribution < 1.29 is 9.21 Å². The molecule has 0 spiro atoms. The average Bonchev–Trinajstić information content (AvgIpc) is 3.60. The number of thiophene rings is 1. The van der Waals surface area contributed by atoms with Gasteiger partial charge in [0.25, 0.3) is 0 Å². The van der Waals surface area contributed by atoms with E-state index in [0.717, 1.165) is 27.4 Å². The molecule has 1 amide bonds. The van der Waals surface area contributed by atoms with Crippen molar-refractivity contribution in [2.24, 2.45) is 0 Å². The molecule has 1 aliphatic heterocycles. The summed E-state index contributed by atoms with van der Waals surface area (Å²) in [4.78, 5) is 22.9. The molecule has 0 radical (unpaired) electrons. The maximum Gasteiger partial charge on any atom is 0.227 e. The number of fused-ring (bicyclic) bond motifs is 3. The third-order valence-corrected chi connectivity index (χ3v) is 6.67. The number of benzene rings is 1. The van der Waals surface area contributed by atoms with Crippen LogP contribution in [-0.2, 0) is 11.2 Å². The Morgan fingerprint density at radius 3 is 2.66 bits per heavy atom. The van der Waals surface area contributed by atoms with Crippen molar-refractivity contribution in [2.45, 2.75) is 6.42 Å². The van der Waals surface area contributed by atoms with Crippen molar-refractivity contribution in [1.29, 1.82) is 0 Å². The summed E-state index contributed by atoms with van der Waals surface area (Å²) in [5, 5.41) is 11.8. The first-order valence-electron chi connectivity index (χ1n) is 10.5. The fourth-order valence-corrected chi connectivity index (χ4v) is 4.87. The molecule has 1 saturated heterocycles. The van der Waals surface area contributed by atoms with E-state index in [0.29, 0.717) is 44.2 Å². The quantitative estimate of drug-likeness (QED) is 0.422. The lowest BCUT2D eigenvalue weighted by Gasteiger charge is -2.35. The molecule has 0 atom stereocenters. The van der Waals surface area contributed by atoms with Gasteiger partial charge in [-0.15, -0.1) is 21.5 Å². The van der Waals surface area contributed by atoms with Crippen LogP contribution in [0.2, 0.25) is 0 Å². The minimum atomic E-state index is 0.171. The van der Waals surface area contributed by atoms with Crippen LogP contribution in [0, 0.1) is 0 Å². The summed E-state index contributed by atoms with van der Waals surface area (Å²) in [6.45, 7) is 2.68. The summed E-state index contributed by atoms with van der Waals surface area (Å²) >= 11 is 1.62. The first kappa shape index (κ1) is 19.0. The van der Waals surface area contributed by atoms with E-state index >= 15 is 0 Å². The van der Waals surface area contributed by atoms with Crippen LogP contribution in [0.5, 0.6) is 0 Å². The Hall–Kier alpha value is -3.72. The first-order valence-corrected chi connectivity index (χ1v) is 11.4. The predicted molar refractivity (Wildman–Crippen MR) is 123 cm³/mol. The monoisotopic (exact) mass is 444 g/mol. The Kier molecular flexibility index (Phi) is 4.61. The van der Waals surface area contributed by atoms with Crippen molar-refractivity contribution >= 4 is 39.7 Å². The molecular weight excluding hydrogens is 424 g/mol. The SMILES string of the molecule is O=C(Cc1cccs1)N1CCN(c2nc3ccccc3c3nnc(-c4ccco4)n23)CC1. The number of furan rings is 1.